The van der Waals surface area contributed by atoms with Gasteiger partial charge in [-0.2, -0.15) is 4.98 Å². The zero-order valence-electron chi connectivity index (χ0n) is 21.7. The van der Waals surface area contributed by atoms with Gasteiger partial charge in [0.15, 0.2) is 0 Å². The molecule has 0 fully saturated rings. The van der Waals surface area contributed by atoms with Crippen molar-refractivity contribution in [2.45, 2.75) is 60.0 Å². The van der Waals surface area contributed by atoms with Crippen molar-refractivity contribution in [3.05, 3.63) is 46.8 Å². The van der Waals surface area contributed by atoms with E-state index >= 15 is 0 Å². The van der Waals surface area contributed by atoms with E-state index in [-0.39, 0.29) is 13.2 Å². The van der Waals surface area contributed by atoms with Crippen molar-refractivity contribution in [2.75, 3.05) is 19.8 Å². The highest BCUT2D eigenvalue weighted by molar-refractivity contribution is 5.76. The molecular formula is C27H36N4O5. The van der Waals surface area contributed by atoms with Crippen LogP contribution >= 0.6 is 0 Å². The third kappa shape index (κ3) is 6.89. The maximum atomic E-state index is 11.2. The maximum absolute atomic E-state index is 11.2. The summed E-state index contributed by atoms with van der Waals surface area (Å²) in [7, 11) is 0. The molecule has 0 bridgehead atoms. The number of benzene rings is 1. The van der Waals surface area contributed by atoms with Gasteiger partial charge in [0.2, 0.25) is 11.7 Å². The Labute approximate surface area is 211 Å². The molecule has 194 valence electrons. The number of aliphatic hydroxyl groups excluding tert-OH is 2. The van der Waals surface area contributed by atoms with Crippen LogP contribution in [0, 0.1) is 12.8 Å². The highest BCUT2D eigenvalue weighted by Gasteiger charge is 2.17. The minimum absolute atomic E-state index is 0.00338. The van der Waals surface area contributed by atoms with E-state index in [0.717, 1.165) is 40.8 Å². The van der Waals surface area contributed by atoms with Gasteiger partial charge in [0, 0.05) is 24.0 Å². The summed E-state index contributed by atoms with van der Waals surface area (Å²) in [6.45, 7) is 9.80. The number of ether oxygens (including phenoxy) is 1. The highest BCUT2D eigenvalue weighted by atomic mass is 16.5. The molecule has 3 aromatic rings. The Bertz CT molecular complexity index is 1170. The molecule has 36 heavy (non-hydrogen) atoms. The Balaban J connectivity index is 1.79. The van der Waals surface area contributed by atoms with Gasteiger partial charge in [0.1, 0.15) is 25.1 Å². The zero-order valence-corrected chi connectivity index (χ0v) is 21.7. The van der Waals surface area contributed by atoms with E-state index in [1.54, 1.807) is 6.20 Å². The van der Waals surface area contributed by atoms with Crippen LogP contribution < -0.4 is 10.1 Å². The molecular weight excluding hydrogens is 460 g/mol. The smallest absolute Gasteiger partial charge is 0.259 e. The second-order valence-corrected chi connectivity index (χ2v) is 9.27. The summed E-state index contributed by atoms with van der Waals surface area (Å²) in [5.41, 5.74) is 5.71. The quantitative estimate of drug-likeness (QED) is 0.348. The Morgan fingerprint density at radius 2 is 1.89 bits per heavy atom. The first kappa shape index (κ1) is 27.3. The molecule has 1 atom stereocenters. The van der Waals surface area contributed by atoms with Gasteiger partial charge in [0.25, 0.3) is 5.89 Å². The molecule has 0 aliphatic rings. The lowest BCUT2D eigenvalue weighted by atomic mass is 9.99. The van der Waals surface area contributed by atoms with E-state index in [1.807, 2.05) is 26.0 Å². The standard InChI is InChI=1S/C27H36N4O5/c1-6-18-10-20(9-17(5)25(18)35-15-22(33)13-29-24(34)14-32)26-30-27(36-31-26)21-11-19(8-16(3)4)23(7-2)28-12-21/h9-12,16,22,32-33H,6-8,13-15H2,1-5H3,(H,29,34)/t22-/m0/s1. The molecule has 1 amide bonds. The van der Waals surface area contributed by atoms with Gasteiger partial charge < -0.3 is 24.8 Å². The molecule has 1 aromatic carbocycles. The number of nitrogens with one attached hydrogen (secondary N) is 1. The van der Waals surface area contributed by atoms with Crippen molar-refractivity contribution in [3.8, 4) is 28.6 Å². The Morgan fingerprint density at radius 1 is 1.14 bits per heavy atom. The fourth-order valence-corrected chi connectivity index (χ4v) is 4.02. The molecule has 3 rings (SSSR count). The van der Waals surface area contributed by atoms with Crippen molar-refractivity contribution < 1.29 is 24.3 Å². The summed E-state index contributed by atoms with van der Waals surface area (Å²) in [4.78, 5) is 20.4. The van der Waals surface area contributed by atoms with E-state index in [9.17, 15) is 9.90 Å². The predicted octanol–water partition coefficient (Wildman–Crippen LogP) is 3.28. The lowest BCUT2D eigenvalue weighted by Gasteiger charge is -2.17. The molecule has 2 heterocycles. The van der Waals surface area contributed by atoms with Crippen molar-refractivity contribution in [3.63, 3.8) is 0 Å². The van der Waals surface area contributed by atoms with Gasteiger partial charge in [-0.1, -0.05) is 32.9 Å². The Morgan fingerprint density at radius 3 is 2.56 bits per heavy atom. The number of rotatable bonds is 12. The second-order valence-electron chi connectivity index (χ2n) is 9.27. The topological polar surface area (TPSA) is 131 Å². The van der Waals surface area contributed by atoms with Crippen LogP contribution in [-0.2, 0) is 24.1 Å². The molecule has 0 radical (unpaired) electrons. The molecule has 2 aromatic heterocycles. The van der Waals surface area contributed by atoms with Crippen LogP contribution in [0.3, 0.4) is 0 Å². The largest absolute Gasteiger partial charge is 0.490 e. The third-order valence-electron chi connectivity index (χ3n) is 5.79. The number of pyridine rings is 1. The average Bonchev–Trinajstić information content (AvgIpc) is 3.36. The summed E-state index contributed by atoms with van der Waals surface area (Å²) in [5, 5.41) is 25.5. The summed E-state index contributed by atoms with van der Waals surface area (Å²) in [6.07, 6.45) is 3.39. The number of carbonyl (C=O) groups is 1. The summed E-state index contributed by atoms with van der Waals surface area (Å²) < 4.78 is 11.5. The summed E-state index contributed by atoms with van der Waals surface area (Å²) in [6, 6.07) is 5.97. The van der Waals surface area contributed by atoms with Crippen LogP contribution in [0.4, 0.5) is 0 Å². The minimum Gasteiger partial charge on any atom is -0.490 e. The lowest BCUT2D eigenvalue weighted by Crippen LogP contribution is -2.36. The average molecular weight is 497 g/mol. The third-order valence-corrected chi connectivity index (χ3v) is 5.79. The molecule has 0 aliphatic heterocycles. The molecule has 0 aliphatic carbocycles. The van der Waals surface area contributed by atoms with Gasteiger partial charge in [-0.15, -0.1) is 0 Å². The van der Waals surface area contributed by atoms with Crippen molar-refractivity contribution in [2.24, 2.45) is 5.92 Å². The van der Waals surface area contributed by atoms with Crippen LogP contribution in [0.15, 0.2) is 28.9 Å². The highest BCUT2D eigenvalue weighted by Crippen LogP contribution is 2.31. The first-order chi connectivity index (χ1) is 17.2. The number of amides is 1. The van der Waals surface area contributed by atoms with Crippen LogP contribution in [0.25, 0.3) is 22.8 Å². The number of hydrogen-bond acceptors (Lipinski definition) is 8. The second kappa shape index (κ2) is 12.6. The Kier molecular flexibility index (Phi) is 9.55. The summed E-state index contributed by atoms with van der Waals surface area (Å²) >= 11 is 0. The minimum atomic E-state index is -0.905. The van der Waals surface area contributed by atoms with E-state index in [0.29, 0.717) is 29.8 Å². The number of hydrogen-bond donors (Lipinski definition) is 3. The zero-order chi connectivity index (χ0) is 26.2. The van der Waals surface area contributed by atoms with Crippen molar-refractivity contribution >= 4 is 5.91 Å². The normalized spacial score (nSPS) is 12.1. The first-order valence-electron chi connectivity index (χ1n) is 12.4. The molecule has 9 nitrogen and oxygen atoms in total. The van der Waals surface area contributed by atoms with E-state index in [1.165, 1.54) is 5.56 Å². The van der Waals surface area contributed by atoms with Gasteiger partial charge in [0.05, 0.1) is 5.56 Å². The number of aryl methyl sites for hydroxylation is 3. The number of carbonyl (C=O) groups excluding carboxylic acids is 1. The van der Waals surface area contributed by atoms with Gasteiger partial charge >= 0.3 is 0 Å². The van der Waals surface area contributed by atoms with Crippen LogP contribution in [0.2, 0.25) is 0 Å². The molecule has 0 saturated carbocycles. The fourth-order valence-electron chi connectivity index (χ4n) is 4.02. The molecule has 9 heteroatoms. The molecule has 0 spiro atoms. The molecule has 0 unspecified atom stereocenters. The van der Waals surface area contributed by atoms with Crippen molar-refractivity contribution in [1.82, 2.24) is 20.4 Å². The van der Waals surface area contributed by atoms with E-state index in [4.69, 9.17) is 14.4 Å². The van der Waals surface area contributed by atoms with Crippen LogP contribution in [-0.4, -0.2) is 57.1 Å². The van der Waals surface area contributed by atoms with E-state index in [2.05, 4.69) is 47.3 Å². The van der Waals surface area contributed by atoms with Crippen LogP contribution in [0.1, 0.15) is 50.1 Å². The summed E-state index contributed by atoms with van der Waals surface area (Å²) in [5.74, 6) is 1.55. The fraction of sp³-hybridized carbons (Fsp3) is 0.481. The Hall–Kier alpha value is -3.30. The van der Waals surface area contributed by atoms with Crippen LogP contribution in [0.5, 0.6) is 5.75 Å². The van der Waals surface area contributed by atoms with Gasteiger partial charge in [-0.25, -0.2) is 0 Å². The number of aromatic nitrogens is 3. The van der Waals surface area contributed by atoms with Gasteiger partial charge in [-0.3, -0.25) is 9.78 Å². The number of aliphatic hydroxyl groups is 2. The first-order valence-corrected chi connectivity index (χ1v) is 12.4. The predicted molar refractivity (Wildman–Crippen MR) is 137 cm³/mol. The van der Waals surface area contributed by atoms with Gasteiger partial charge in [-0.05, 0) is 67.0 Å². The maximum Gasteiger partial charge on any atom is 0.259 e. The SMILES string of the molecule is CCc1cc(-c2noc(-c3cnc(CC)c(CC(C)C)c3)n2)cc(C)c1OC[C@@H](O)CNC(=O)CO. The molecule has 3 N–H and O–H groups in total. The van der Waals surface area contributed by atoms with Crippen molar-refractivity contribution in [1.29, 1.82) is 0 Å². The number of nitrogens with zero attached hydrogens (tertiary/aromatic N) is 3. The monoisotopic (exact) mass is 496 g/mol. The van der Waals surface area contributed by atoms with E-state index < -0.39 is 18.6 Å². The molecule has 0 saturated heterocycles. The lowest BCUT2D eigenvalue weighted by molar-refractivity contribution is -0.124.